The normalized spacial score (nSPS) is 15.7. The summed E-state index contributed by atoms with van der Waals surface area (Å²) >= 11 is 0. The molecule has 0 spiro atoms. The third-order valence-electron chi connectivity index (χ3n) is 9.60. The summed E-state index contributed by atoms with van der Waals surface area (Å²) in [6.07, 6.45) is 15.6. The second kappa shape index (κ2) is 13.7. The molecular formula is C37H38FN9O2. The number of imidazole rings is 1. The Morgan fingerprint density at radius 1 is 0.898 bits per heavy atom. The molecule has 6 heterocycles. The van der Waals surface area contributed by atoms with Crippen molar-refractivity contribution >= 4 is 33.7 Å². The Hall–Kier alpha value is -5.23. The molecule has 5 aromatic heterocycles. The zero-order valence-corrected chi connectivity index (χ0v) is 27.2. The van der Waals surface area contributed by atoms with Gasteiger partial charge < -0.3 is 15.0 Å². The maximum atomic E-state index is 14.8. The van der Waals surface area contributed by atoms with Gasteiger partial charge in [0.1, 0.15) is 23.7 Å². The maximum absolute atomic E-state index is 14.8. The van der Waals surface area contributed by atoms with Crippen molar-refractivity contribution in [3.05, 3.63) is 67.0 Å². The van der Waals surface area contributed by atoms with Crippen molar-refractivity contribution in [1.29, 1.82) is 0 Å². The van der Waals surface area contributed by atoms with E-state index in [-0.39, 0.29) is 11.7 Å². The number of hydrogen-bond acceptors (Lipinski definition) is 8. The monoisotopic (exact) mass is 659 g/mol. The van der Waals surface area contributed by atoms with Gasteiger partial charge in [0.15, 0.2) is 11.5 Å². The molecule has 1 saturated heterocycles. The summed E-state index contributed by atoms with van der Waals surface area (Å²) in [6.45, 7) is 3.48. The van der Waals surface area contributed by atoms with Crippen LogP contribution in [0, 0.1) is 11.7 Å². The van der Waals surface area contributed by atoms with Gasteiger partial charge in [0.05, 0.1) is 40.3 Å². The summed E-state index contributed by atoms with van der Waals surface area (Å²) in [7, 11) is 0. The van der Waals surface area contributed by atoms with Crippen molar-refractivity contribution in [3.63, 3.8) is 0 Å². The molecule has 250 valence electrons. The number of nitrogens with zero attached hydrogens (tertiary/aromatic N) is 6. The standard InChI is InChI=1S/C37H38FN9O2/c38-26-15-24(17-28(18-26)49-13-12-47-10-4-5-11-47)29-21-40-22-32-34(29)44-37(43-32)36-35-31(45-46-36)9-8-30(42-35)25-16-27(20-39-19-25)41-33(48)14-23-6-2-1-3-7-23/h8-9,15-23H,1-7,10-14H2,(H,41,48)(H,43,44)(H,45,46). The van der Waals surface area contributed by atoms with Gasteiger partial charge in [-0.1, -0.05) is 19.3 Å². The number of pyridine rings is 3. The summed E-state index contributed by atoms with van der Waals surface area (Å²) in [5, 5.41) is 10.6. The molecule has 0 radical (unpaired) electrons. The zero-order chi connectivity index (χ0) is 33.2. The molecule has 1 aliphatic heterocycles. The van der Waals surface area contributed by atoms with Gasteiger partial charge >= 0.3 is 0 Å². The molecule has 49 heavy (non-hydrogen) atoms. The number of carbonyl (C=O) groups excluding carboxylic acids is 1. The van der Waals surface area contributed by atoms with Crippen LogP contribution in [0.3, 0.4) is 0 Å². The first-order valence-corrected chi connectivity index (χ1v) is 17.2. The molecule has 3 N–H and O–H groups in total. The second-order valence-electron chi connectivity index (χ2n) is 13.1. The van der Waals surface area contributed by atoms with Crippen molar-refractivity contribution in [2.75, 3.05) is 31.6 Å². The number of anilines is 1. The highest BCUT2D eigenvalue weighted by Gasteiger charge is 2.20. The summed E-state index contributed by atoms with van der Waals surface area (Å²) < 4.78 is 20.8. The van der Waals surface area contributed by atoms with E-state index in [1.54, 1.807) is 24.8 Å². The van der Waals surface area contributed by atoms with Crippen LogP contribution in [0.5, 0.6) is 5.75 Å². The SMILES string of the molecule is O=C(CC1CCCCC1)Nc1cncc(-c2ccc3[nH]nc(-c4nc5c(-c6cc(F)cc(OCCN7CCCC7)c6)cncc5[nH]4)c3n2)c1. The highest BCUT2D eigenvalue weighted by molar-refractivity contribution is 5.96. The molecule has 1 amide bonds. The fourth-order valence-electron chi connectivity index (χ4n) is 7.10. The van der Waals surface area contributed by atoms with E-state index in [4.69, 9.17) is 14.7 Å². The predicted molar refractivity (Wildman–Crippen MR) is 186 cm³/mol. The van der Waals surface area contributed by atoms with E-state index in [0.717, 1.165) is 43.6 Å². The Labute approximate surface area is 282 Å². The van der Waals surface area contributed by atoms with Crippen LogP contribution in [0.1, 0.15) is 51.4 Å². The number of H-pyrrole nitrogens is 2. The minimum Gasteiger partial charge on any atom is -0.492 e. The molecule has 8 rings (SSSR count). The Bertz CT molecular complexity index is 2110. The Morgan fingerprint density at radius 3 is 2.63 bits per heavy atom. The largest absolute Gasteiger partial charge is 0.492 e. The van der Waals surface area contributed by atoms with E-state index in [1.165, 1.54) is 44.2 Å². The average Bonchev–Trinajstić information content (AvgIpc) is 3.88. The molecule has 2 aliphatic rings. The topological polar surface area (TPSA) is 138 Å². The lowest BCUT2D eigenvalue weighted by atomic mass is 9.87. The minimum absolute atomic E-state index is 0.0182. The van der Waals surface area contributed by atoms with Gasteiger partial charge in [-0.2, -0.15) is 5.10 Å². The number of halogens is 1. The quantitative estimate of drug-likeness (QED) is 0.141. The zero-order valence-electron chi connectivity index (χ0n) is 27.2. The number of ether oxygens (including phenoxy) is 1. The molecule has 1 saturated carbocycles. The minimum atomic E-state index is -0.390. The van der Waals surface area contributed by atoms with Gasteiger partial charge in [-0.05, 0) is 80.6 Å². The molecule has 0 bridgehead atoms. The van der Waals surface area contributed by atoms with Crippen LogP contribution in [-0.2, 0) is 4.79 Å². The molecule has 6 aromatic rings. The molecule has 12 heteroatoms. The van der Waals surface area contributed by atoms with Crippen molar-refractivity contribution in [2.24, 2.45) is 5.92 Å². The number of nitrogens with one attached hydrogen (secondary N) is 3. The number of carbonyl (C=O) groups is 1. The van der Waals surface area contributed by atoms with Gasteiger partial charge in [0.2, 0.25) is 5.91 Å². The first-order chi connectivity index (χ1) is 24.1. The maximum Gasteiger partial charge on any atom is 0.224 e. The number of fused-ring (bicyclic) bond motifs is 2. The number of rotatable bonds is 10. The molecule has 0 unspecified atom stereocenters. The van der Waals surface area contributed by atoms with E-state index < -0.39 is 0 Å². The molecule has 2 fully saturated rings. The number of hydrogen-bond donors (Lipinski definition) is 3. The van der Waals surface area contributed by atoms with Gasteiger partial charge in [0, 0.05) is 42.6 Å². The van der Waals surface area contributed by atoms with Crippen molar-refractivity contribution in [3.8, 4) is 39.7 Å². The fourth-order valence-corrected chi connectivity index (χ4v) is 7.10. The second-order valence-corrected chi connectivity index (χ2v) is 13.1. The highest BCUT2D eigenvalue weighted by atomic mass is 19.1. The summed E-state index contributed by atoms with van der Waals surface area (Å²) in [4.78, 5) is 37.1. The molecule has 11 nitrogen and oxygen atoms in total. The summed E-state index contributed by atoms with van der Waals surface area (Å²) in [5.74, 6) is 1.05. The van der Waals surface area contributed by atoms with E-state index in [9.17, 15) is 9.18 Å². The van der Waals surface area contributed by atoms with E-state index in [1.807, 2.05) is 24.3 Å². The van der Waals surface area contributed by atoms with Crippen LogP contribution in [0.4, 0.5) is 10.1 Å². The van der Waals surface area contributed by atoms with Gasteiger partial charge in [-0.15, -0.1) is 0 Å². The first kappa shape index (κ1) is 31.1. The van der Waals surface area contributed by atoms with Crippen molar-refractivity contribution in [2.45, 2.75) is 51.4 Å². The molecular weight excluding hydrogens is 621 g/mol. The van der Waals surface area contributed by atoms with E-state index in [0.29, 0.717) is 75.3 Å². The van der Waals surface area contributed by atoms with Gasteiger partial charge in [0.25, 0.3) is 0 Å². The number of likely N-dealkylation sites (tertiary alicyclic amines) is 1. The third-order valence-corrected chi connectivity index (χ3v) is 9.60. The van der Waals surface area contributed by atoms with Crippen molar-refractivity contribution in [1.82, 2.24) is 40.0 Å². The highest BCUT2D eigenvalue weighted by Crippen LogP contribution is 2.34. The predicted octanol–water partition coefficient (Wildman–Crippen LogP) is 7.15. The summed E-state index contributed by atoms with van der Waals surface area (Å²) in [6, 6.07) is 10.4. The van der Waals surface area contributed by atoms with Crippen molar-refractivity contribution < 1.29 is 13.9 Å². The lowest BCUT2D eigenvalue weighted by Gasteiger charge is -2.20. The van der Waals surface area contributed by atoms with Crippen LogP contribution in [0.2, 0.25) is 0 Å². The summed E-state index contributed by atoms with van der Waals surface area (Å²) in [5.41, 5.74) is 6.60. The van der Waals surface area contributed by atoms with E-state index in [2.05, 4.69) is 35.4 Å². The first-order valence-electron chi connectivity index (χ1n) is 17.2. The number of aromatic amines is 2. The molecule has 1 aromatic carbocycles. The van der Waals surface area contributed by atoms with Crippen LogP contribution >= 0.6 is 0 Å². The Kier molecular flexibility index (Phi) is 8.69. The van der Waals surface area contributed by atoms with Gasteiger partial charge in [-0.3, -0.25) is 24.8 Å². The van der Waals surface area contributed by atoms with Crippen LogP contribution in [-0.4, -0.2) is 72.2 Å². The number of amides is 1. The van der Waals surface area contributed by atoms with Crippen LogP contribution in [0.25, 0.3) is 56.0 Å². The fraction of sp³-hybridized carbons (Fsp3) is 0.351. The number of aromatic nitrogens is 7. The number of benzene rings is 1. The van der Waals surface area contributed by atoms with Crippen LogP contribution < -0.4 is 10.1 Å². The van der Waals surface area contributed by atoms with Crippen LogP contribution in [0.15, 0.2) is 61.2 Å². The molecule has 1 aliphatic carbocycles. The Balaban J connectivity index is 1.05. The third kappa shape index (κ3) is 6.86. The van der Waals surface area contributed by atoms with E-state index >= 15 is 0 Å². The smallest absolute Gasteiger partial charge is 0.224 e. The average molecular weight is 660 g/mol. The Morgan fingerprint density at radius 2 is 1.76 bits per heavy atom. The lowest BCUT2D eigenvalue weighted by Crippen LogP contribution is -2.25. The lowest BCUT2D eigenvalue weighted by molar-refractivity contribution is -0.117. The van der Waals surface area contributed by atoms with Gasteiger partial charge in [-0.25, -0.2) is 14.4 Å². The molecule has 0 atom stereocenters.